The smallest absolute Gasteiger partial charge is 0.251 e. The molecule has 3 amide bonds. The van der Waals surface area contributed by atoms with Gasteiger partial charge in [0, 0.05) is 36.7 Å². The average molecular weight is 456 g/mol. The minimum Gasteiger partial charge on any atom is -0.349 e. The molecule has 2 N–H and O–H groups in total. The lowest BCUT2D eigenvalue weighted by Gasteiger charge is -2.34. The molecule has 1 fully saturated rings. The van der Waals surface area contributed by atoms with Gasteiger partial charge in [-0.1, -0.05) is 66.7 Å². The molecule has 1 atom stereocenters. The molecule has 4 rings (SSSR count). The van der Waals surface area contributed by atoms with Crippen LogP contribution in [0.5, 0.6) is 0 Å². The predicted octanol–water partition coefficient (Wildman–Crippen LogP) is 3.45. The van der Waals surface area contributed by atoms with Gasteiger partial charge in [-0.3, -0.25) is 14.4 Å². The second-order valence-electron chi connectivity index (χ2n) is 8.52. The summed E-state index contributed by atoms with van der Waals surface area (Å²) in [4.78, 5) is 40.5. The number of hydrogen-bond acceptors (Lipinski definition) is 3. The van der Waals surface area contributed by atoms with Gasteiger partial charge in [-0.05, 0) is 42.7 Å². The maximum Gasteiger partial charge on any atom is 0.251 e. The number of piperidine rings is 1. The van der Waals surface area contributed by atoms with Gasteiger partial charge >= 0.3 is 0 Å². The summed E-state index contributed by atoms with van der Waals surface area (Å²) in [5.74, 6) is -0.455. The minimum absolute atomic E-state index is 0.0169. The Morgan fingerprint density at radius 2 is 1.24 bits per heavy atom. The molecule has 1 aliphatic heterocycles. The highest BCUT2D eigenvalue weighted by Crippen LogP contribution is 2.15. The summed E-state index contributed by atoms with van der Waals surface area (Å²) in [5, 5.41) is 6.01. The summed E-state index contributed by atoms with van der Waals surface area (Å²) < 4.78 is 0. The van der Waals surface area contributed by atoms with E-state index in [0.29, 0.717) is 43.5 Å². The van der Waals surface area contributed by atoms with Crippen LogP contribution in [-0.4, -0.2) is 47.8 Å². The van der Waals surface area contributed by atoms with E-state index in [2.05, 4.69) is 10.6 Å². The van der Waals surface area contributed by atoms with Crippen LogP contribution in [0.4, 0.5) is 0 Å². The lowest BCUT2D eigenvalue weighted by atomic mass is 10.0. The SMILES string of the molecule is O=C(NC1CCN(C(=O)[C@@H](Cc2ccccc2)NC(=O)c2ccccc2)CC1)c1ccccc1. The molecule has 34 heavy (non-hydrogen) atoms. The highest BCUT2D eigenvalue weighted by atomic mass is 16.2. The monoisotopic (exact) mass is 455 g/mol. The molecule has 1 aliphatic rings. The van der Waals surface area contributed by atoms with Crippen molar-refractivity contribution in [3.05, 3.63) is 108 Å². The summed E-state index contributed by atoms with van der Waals surface area (Å²) in [5.41, 5.74) is 2.14. The minimum atomic E-state index is -0.662. The average Bonchev–Trinajstić information content (AvgIpc) is 2.90. The van der Waals surface area contributed by atoms with Gasteiger partial charge in [0.15, 0.2) is 0 Å². The van der Waals surface area contributed by atoms with E-state index >= 15 is 0 Å². The fourth-order valence-electron chi connectivity index (χ4n) is 4.20. The number of likely N-dealkylation sites (tertiary alicyclic amines) is 1. The van der Waals surface area contributed by atoms with Gasteiger partial charge in [0.1, 0.15) is 6.04 Å². The van der Waals surface area contributed by atoms with Crippen LogP contribution in [0.2, 0.25) is 0 Å². The van der Waals surface area contributed by atoms with Crippen molar-refractivity contribution >= 4 is 17.7 Å². The van der Waals surface area contributed by atoms with Crippen molar-refractivity contribution in [2.75, 3.05) is 13.1 Å². The van der Waals surface area contributed by atoms with Crippen LogP contribution in [0.25, 0.3) is 0 Å². The number of carbonyl (C=O) groups excluding carboxylic acids is 3. The second kappa shape index (κ2) is 11.3. The van der Waals surface area contributed by atoms with Gasteiger partial charge in [0.25, 0.3) is 11.8 Å². The molecule has 0 radical (unpaired) electrons. The van der Waals surface area contributed by atoms with E-state index in [9.17, 15) is 14.4 Å². The molecule has 1 heterocycles. The first-order valence-electron chi connectivity index (χ1n) is 11.6. The zero-order valence-electron chi connectivity index (χ0n) is 19.0. The molecule has 0 spiro atoms. The molecule has 0 aliphatic carbocycles. The normalized spacial score (nSPS) is 14.8. The molecule has 0 bridgehead atoms. The Morgan fingerprint density at radius 3 is 1.79 bits per heavy atom. The molecular weight excluding hydrogens is 426 g/mol. The molecule has 3 aromatic rings. The maximum atomic E-state index is 13.4. The number of rotatable bonds is 7. The summed E-state index contributed by atoms with van der Waals surface area (Å²) >= 11 is 0. The van der Waals surface area contributed by atoms with E-state index in [-0.39, 0.29) is 23.8 Å². The molecule has 0 saturated carbocycles. The standard InChI is InChI=1S/C28H29N3O3/c32-26(22-12-6-2-7-13-22)29-24-16-18-31(19-17-24)28(34)25(20-21-10-4-1-5-11-21)30-27(33)23-14-8-3-9-15-23/h1-15,24-25H,16-20H2,(H,29,32)(H,30,33)/t25-/m1/s1. The number of nitrogens with zero attached hydrogens (tertiary/aromatic N) is 1. The Hall–Kier alpha value is -3.93. The maximum absolute atomic E-state index is 13.4. The van der Waals surface area contributed by atoms with E-state index in [1.165, 1.54) is 0 Å². The molecule has 1 saturated heterocycles. The largest absolute Gasteiger partial charge is 0.349 e. The number of carbonyl (C=O) groups is 3. The zero-order chi connectivity index (χ0) is 23.8. The third-order valence-corrected chi connectivity index (χ3v) is 6.10. The van der Waals surface area contributed by atoms with Crippen LogP contribution in [0.3, 0.4) is 0 Å². The highest BCUT2D eigenvalue weighted by Gasteiger charge is 2.30. The Morgan fingerprint density at radius 1 is 0.735 bits per heavy atom. The van der Waals surface area contributed by atoms with Crippen molar-refractivity contribution < 1.29 is 14.4 Å². The highest BCUT2D eigenvalue weighted by molar-refractivity contribution is 5.97. The van der Waals surface area contributed by atoms with Crippen molar-refractivity contribution in [3.8, 4) is 0 Å². The molecule has 6 heteroatoms. The van der Waals surface area contributed by atoms with Gasteiger partial charge in [0.05, 0.1) is 0 Å². The van der Waals surface area contributed by atoms with E-state index in [1.807, 2.05) is 54.6 Å². The van der Waals surface area contributed by atoms with Crippen LogP contribution in [0.1, 0.15) is 39.1 Å². The van der Waals surface area contributed by atoms with Crippen molar-refractivity contribution in [2.45, 2.75) is 31.3 Å². The number of amides is 3. The van der Waals surface area contributed by atoms with Crippen LogP contribution in [0.15, 0.2) is 91.0 Å². The van der Waals surface area contributed by atoms with Gasteiger partial charge < -0.3 is 15.5 Å². The van der Waals surface area contributed by atoms with E-state index in [0.717, 1.165) is 5.56 Å². The van der Waals surface area contributed by atoms with Crippen molar-refractivity contribution in [3.63, 3.8) is 0 Å². The number of nitrogens with one attached hydrogen (secondary N) is 2. The summed E-state index contributed by atoms with van der Waals surface area (Å²) in [6.07, 6.45) is 1.77. The summed E-state index contributed by atoms with van der Waals surface area (Å²) in [7, 11) is 0. The first-order chi connectivity index (χ1) is 16.6. The van der Waals surface area contributed by atoms with Gasteiger partial charge in [0.2, 0.25) is 5.91 Å². The Labute approximate surface area is 200 Å². The van der Waals surface area contributed by atoms with Crippen molar-refractivity contribution in [1.29, 1.82) is 0 Å². The fourth-order valence-corrected chi connectivity index (χ4v) is 4.20. The lowest BCUT2D eigenvalue weighted by molar-refractivity contribution is -0.134. The van der Waals surface area contributed by atoms with Crippen LogP contribution < -0.4 is 10.6 Å². The Balaban J connectivity index is 1.39. The summed E-state index contributed by atoms with van der Waals surface area (Å²) in [6, 6.07) is 27.1. The van der Waals surface area contributed by atoms with Crippen LogP contribution >= 0.6 is 0 Å². The van der Waals surface area contributed by atoms with Gasteiger partial charge in [-0.2, -0.15) is 0 Å². The van der Waals surface area contributed by atoms with Gasteiger partial charge in [-0.15, -0.1) is 0 Å². The molecule has 0 aromatic heterocycles. The van der Waals surface area contributed by atoms with Crippen molar-refractivity contribution in [2.24, 2.45) is 0 Å². The molecular formula is C28H29N3O3. The topological polar surface area (TPSA) is 78.5 Å². The van der Waals surface area contributed by atoms with E-state index in [1.54, 1.807) is 41.3 Å². The Kier molecular flexibility index (Phi) is 7.71. The number of benzene rings is 3. The predicted molar refractivity (Wildman–Crippen MR) is 131 cm³/mol. The third kappa shape index (κ3) is 6.10. The van der Waals surface area contributed by atoms with Gasteiger partial charge in [-0.25, -0.2) is 0 Å². The fraction of sp³-hybridized carbons (Fsp3) is 0.250. The molecule has 6 nitrogen and oxygen atoms in total. The molecule has 3 aromatic carbocycles. The summed E-state index contributed by atoms with van der Waals surface area (Å²) in [6.45, 7) is 1.07. The second-order valence-corrected chi connectivity index (χ2v) is 8.52. The van der Waals surface area contributed by atoms with E-state index < -0.39 is 6.04 Å². The van der Waals surface area contributed by atoms with E-state index in [4.69, 9.17) is 0 Å². The zero-order valence-corrected chi connectivity index (χ0v) is 19.0. The third-order valence-electron chi connectivity index (χ3n) is 6.10. The first-order valence-corrected chi connectivity index (χ1v) is 11.6. The lowest BCUT2D eigenvalue weighted by Crippen LogP contribution is -2.53. The van der Waals surface area contributed by atoms with Crippen molar-refractivity contribution in [1.82, 2.24) is 15.5 Å². The quantitative estimate of drug-likeness (QED) is 0.573. The Bertz CT molecular complexity index is 1100. The molecule has 174 valence electrons. The molecule has 0 unspecified atom stereocenters. The van der Waals surface area contributed by atoms with Crippen LogP contribution in [0, 0.1) is 0 Å². The van der Waals surface area contributed by atoms with Crippen LogP contribution in [-0.2, 0) is 11.2 Å². The number of hydrogen-bond donors (Lipinski definition) is 2. The first kappa shape index (κ1) is 23.2.